The van der Waals surface area contributed by atoms with Crippen LogP contribution in [0, 0.1) is 6.92 Å². The summed E-state index contributed by atoms with van der Waals surface area (Å²) in [5.41, 5.74) is 8.91. The van der Waals surface area contributed by atoms with Gasteiger partial charge >= 0.3 is 0 Å². The van der Waals surface area contributed by atoms with Gasteiger partial charge in [0, 0.05) is 17.1 Å². The quantitative estimate of drug-likeness (QED) is 0.789. The van der Waals surface area contributed by atoms with Crippen molar-refractivity contribution >= 4 is 17.2 Å². The molecule has 0 unspecified atom stereocenters. The molecule has 0 spiro atoms. The number of hydrogen-bond donors (Lipinski definition) is 2. The van der Waals surface area contributed by atoms with E-state index in [9.17, 15) is 4.79 Å². The highest BCUT2D eigenvalue weighted by Crippen LogP contribution is 2.20. The molecule has 3 N–H and O–H groups in total. The third-order valence-corrected chi connectivity index (χ3v) is 2.51. The first-order valence-electron chi connectivity index (χ1n) is 4.90. The summed E-state index contributed by atoms with van der Waals surface area (Å²) in [6, 6.07) is 5.64. The average Bonchev–Trinajstić information content (AvgIpc) is 2.61. The van der Waals surface area contributed by atoms with E-state index in [1.54, 1.807) is 6.29 Å². The van der Waals surface area contributed by atoms with Crippen LogP contribution in [-0.2, 0) is 11.2 Å². The van der Waals surface area contributed by atoms with E-state index < -0.39 is 6.04 Å². The van der Waals surface area contributed by atoms with Gasteiger partial charge in [-0.15, -0.1) is 0 Å². The van der Waals surface area contributed by atoms with Crippen LogP contribution in [0.1, 0.15) is 11.1 Å². The Balaban J connectivity index is 2.43. The molecule has 1 aromatic heterocycles. The number of carbonyl (C=O) groups excluding carboxylic acids is 1. The van der Waals surface area contributed by atoms with Gasteiger partial charge in [0.1, 0.15) is 0 Å². The minimum absolute atomic E-state index is 0.535. The largest absolute Gasteiger partial charge is 0.361 e. The molecule has 0 aliphatic rings. The maximum atomic E-state index is 10.4. The lowest BCUT2D eigenvalue weighted by atomic mass is 10.0. The van der Waals surface area contributed by atoms with Crippen LogP contribution in [0.25, 0.3) is 10.9 Å². The molecule has 1 radical (unpaired) electrons. The molecule has 3 nitrogen and oxygen atoms in total. The van der Waals surface area contributed by atoms with Crippen LogP contribution in [0.15, 0.2) is 24.4 Å². The van der Waals surface area contributed by atoms with Gasteiger partial charge in [0.05, 0.1) is 6.04 Å². The summed E-state index contributed by atoms with van der Waals surface area (Å²) in [4.78, 5) is 13.5. The summed E-state index contributed by atoms with van der Waals surface area (Å²) in [6.45, 7) is 2.04. The zero-order valence-corrected chi connectivity index (χ0v) is 8.58. The van der Waals surface area contributed by atoms with Crippen LogP contribution in [0.4, 0.5) is 0 Å². The molecule has 0 aliphatic carbocycles. The number of aromatic nitrogens is 1. The van der Waals surface area contributed by atoms with E-state index in [1.807, 2.05) is 25.3 Å². The fourth-order valence-corrected chi connectivity index (χ4v) is 1.74. The first kappa shape index (κ1) is 9.93. The van der Waals surface area contributed by atoms with Crippen molar-refractivity contribution in [1.82, 2.24) is 4.98 Å². The summed E-state index contributed by atoms with van der Waals surface area (Å²) in [6.07, 6.45) is 4.24. The van der Waals surface area contributed by atoms with E-state index in [-0.39, 0.29) is 0 Å². The number of rotatable bonds is 3. The molecule has 15 heavy (non-hydrogen) atoms. The third kappa shape index (κ3) is 1.92. The van der Waals surface area contributed by atoms with E-state index in [0.717, 1.165) is 16.5 Å². The summed E-state index contributed by atoms with van der Waals surface area (Å²) >= 11 is 0. The Hall–Kier alpha value is -1.61. The zero-order chi connectivity index (χ0) is 10.8. The zero-order valence-electron chi connectivity index (χ0n) is 8.58. The lowest BCUT2D eigenvalue weighted by Gasteiger charge is -2.01. The van der Waals surface area contributed by atoms with Gasteiger partial charge in [-0.05, 0) is 31.0 Å². The molecule has 0 fully saturated rings. The lowest BCUT2D eigenvalue weighted by Crippen LogP contribution is -2.23. The van der Waals surface area contributed by atoms with E-state index in [1.165, 1.54) is 5.56 Å². The third-order valence-electron chi connectivity index (χ3n) is 2.51. The number of nitrogens with one attached hydrogen (secondary N) is 1. The molecule has 0 amide bonds. The van der Waals surface area contributed by atoms with Crippen molar-refractivity contribution in [2.24, 2.45) is 5.73 Å². The smallest absolute Gasteiger partial charge is 0.217 e. The number of fused-ring (bicyclic) bond motifs is 1. The SMILES string of the molecule is Cc1ccc2[nH]cc(C[C@@H](N)[C]=O)c2c1. The van der Waals surface area contributed by atoms with Crippen molar-refractivity contribution in [2.45, 2.75) is 19.4 Å². The second-order valence-corrected chi connectivity index (χ2v) is 3.79. The van der Waals surface area contributed by atoms with Gasteiger partial charge in [0.25, 0.3) is 0 Å². The van der Waals surface area contributed by atoms with Gasteiger partial charge in [-0.3, -0.25) is 4.79 Å². The van der Waals surface area contributed by atoms with E-state index >= 15 is 0 Å². The topological polar surface area (TPSA) is 58.9 Å². The van der Waals surface area contributed by atoms with Gasteiger partial charge in [0.2, 0.25) is 6.29 Å². The first-order valence-corrected chi connectivity index (χ1v) is 4.90. The van der Waals surface area contributed by atoms with Crippen molar-refractivity contribution in [3.05, 3.63) is 35.5 Å². The Kier molecular flexibility index (Phi) is 2.56. The molecular weight excluding hydrogens is 188 g/mol. The van der Waals surface area contributed by atoms with Gasteiger partial charge in [0.15, 0.2) is 0 Å². The first-order chi connectivity index (χ1) is 7.20. The molecule has 0 saturated carbocycles. The van der Waals surface area contributed by atoms with Gasteiger partial charge in [-0.25, -0.2) is 0 Å². The Morgan fingerprint density at radius 3 is 3.07 bits per heavy atom. The van der Waals surface area contributed by atoms with Crippen LogP contribution in [0.2, 0.25) is 0 Å². The molecule has 2 rings (SSSR count). The second-order valence-electron chi connectivity index (χ2n) is 3.79. The maximum absolute atomic E-state index is 10.4. The number of H-pyrrole nitrogens is 1. The molecule has 1 aromatic carbocycles. The van der Waals surface area contributed by atoms with Crippen LogP contribution in [0.3, 0.4) is 0 Å². The minimum atomic E-state index is -0.537. The van der Waals surface area contributed by atoms with Crippen LogP contribution in [-0.4, -0.2) is 17.3 Å². The number of benzene rings is 1. The molecule has 0 aliphatic heterocycles. The Morgan fingerprint density at radius 1 is 1.53 bits per heavy atom. The van der Waals surface area contributed by atoms with E-state index in [0.29, 0.717) is 6.42 Å². The Labute approximate surface area is 88.3 Å². The summed E-state index contributed by atoms with van der Waals surface area (Å²) in [5.74, 6) is 0. The molecular formula is C12H13N2O. The second kappa shape index (κ2) is 3.87. The van der Waals surface area contributed by atoms with Crippen molar-refractivity contribution in [3.8, 4) is 0 Å². The summed E-state index contributed by atoms with van der Waals surface area (Å²) < 4.78 is 0. The van der Waals surface area contributed by atoms with Crippen LogP contribution in [0.5, 0.6) is 0 Å². The van der Waals surface area contributed by atoms with Crippen LogP contribution >= 0.6 is 0 Å². The van der Waals surface area contributed by atoms with Crippen molar-refractivity contribution in [1.29, 1.82) is 0 Å². The standard InChI is InChI=1S/C12H13N2O/c1-8-2-3-12-11(4-8)9(6-14-12)5-10(13)7-15/h2-4,6,10,14H,5,13H2,1H3/t10-/m1/s1. The maximum Gasteiger partial charge on any atom is 0.217 e. The monoisotopic (exact) mass is 201 g/mol. The molecule has 2 aromatic rings. The Morgan fingerprint density at radius 2 is 2.33 bits per heavy atom. The van der Waals surface area contributed by atoms with E-state index in [2.05, 4.69) is 11.1 Å². The highest BCUT2D eigenvalue weighted by molar-refractivity contribution is 5.84. The molecule has 0 bridgehead atoms. The lowest BCUT2D eigenvalue weighted by molar-refractivity contribution is 0.541. The molecule has 77 valence electrons. The summed E-state index contributed by atoms with van der Waals surface area (Å²) in [7, 11) is 0. The van der Waals surface area contributed by atoms with Crippen molar-refractivity contribution < 1.29 is 4.79 Å². The van der Waals surface area contributed by atoms with Gasteiger partial charge < -0.3 is 10.7 Å². The molecule has 1 heterocycles. The predicted molar refractivity (Wildman–Crippen MR) is 60.4 cm³/mol. The normalized spacial score (nSPS) is 12.9. The number of aromatic amines is 1. The fraction of sp³-hybridized carbons (Fsp3) is 0.250. The summed E-state index contributed by atoms with van der Waals surface area (Å²) in [5, 5.41) is 1.14. The fourth-order valence-electron chi connectivity index (χ4n) is 1.74. The van der Waals surface area contributed by atoms with Crippen LogP contribution < -0.4 is 5.73 Å². The predicted octanol–water partition coefficient (Wildman–Crippen LogP) is 1.46. The highest BCUT2D eigenvalue weighted by atomic mass is 16.1. The van der Waals surface area contributed by atoms with Gasteiger partial charge in [-0.1, -0.05) is 11.6 Å². The van der Waals surface area contributed by atoms with Gasteiger partial charge in [-0.2, -0.15) is 0 Å². The molecule has 0 saturated heterocycles. The number of hydrogen-bond acceptors (Lipinski definition) is 2. The number of aryl methyl sites for hydroxylation is 1. The molecule has 1 atom stereocenters. The number of nitrogens with two attached hydrogens (primary N) is 1. The van der Waals surface area contributed by atoms with Crippen molar-refractivity contribution in [2.75, 3.05) is 0 Å². The molecule has 3 heteroatoms. The minimum Gasteiger partial charge on any atom is -0.361 e. The highest BCUT2D eigenvalue weighted by Gasteiger charge is 2.08. The Bertz CT molecular complexity index is 487. The van der Waals surface area contributed by atoms with Crippen molar-refractivity contribution in [3.63, 3.8) is 0 Å². The average molecular weight is 201 g/mol. The van der Waals surface area contributed by atoms with E-state index in [4.69, 9.17) is 5.73 Å².